The van der Waals surface area contributed by atoms with Crippen LogP contribution in [0.4, 0.5) is 0 Å². The van der Waals surface area contributed by atoms with Gasteiger partial charge in [0.15, 0.2) is 5.43 Å². The van der Waals surface area contributed by atoms with Gasteiger partial charge < -0.3 is 14.6 Å². The summed E-state index contributed by atoms with van der Waals surface area (Å²) in [7, 11) is 0. The molecular formula is C19H12ClNO4. The minimum atomic E-state index is -0.472. The Hall–Kier alpha value is -3.05. The lowest BCUT2D eigenvalue weighted by Gasteiger charge is -2.10. The molecular weight excluding hydrogens is 342 g/mol. The predicted octanol–water partition coefficient (Wildman–Crippen LogP) is 4.00. The fourth-order valence-corrected chi connectivity index (χ4v) is 3.17. The summed E-state index contributed by atoms with van der Waals surface area (Å²) >= 11 is 6.26. The van der Waals surface area contributed by atoms with Gasteiger partial charge in [0, 0.05) is 23.6 Å². The van der Waals surface area contributed by atoms with Crippen LogP contribution in [0.25, 0.3) is 21.9 Å². The van der Waals surface area contributed by atoms with E-state index >= 15 is 0 Å². The van der Waals surface area contributed by atoms with Crippen molar-refractivity contribution in [3.8, 4) is 11.7 Å². The number of benzene rings is 2. The van der Waals surface area contributed by atoms with E-state index in [9.17, 15) is 15.0 Å². The second kappa shape index (κ2) is 5.79. The number of hydrogen-bond acceptors (Lipinski definition) is 5. The molecule has 0 amide bonds. The number of pyridine rings is 1. The maximum atomic E-state index is 12.7. The summed E-state index contributed by atoms with van der Waals surface area (Å²) in [5.41, 5.74) is 0.733. The average molecular weight is 354 g/mol. The Kier molecular flexibility index (Phi) is 3.58. The van der Waals surface area contributed by atoms with Gasteiger partial charge in [-0.25, -0.2) is 0 Å². The normalized spacial score (nSPS) is 11.2. The van der Waals surface area contributed by atoms with E-state index in [1.54, 1.807) is 48.7 Å². The van der Waals surface area contributed by atoms with Crippen LogP contribution in [0.3, 0.4) is 0 Å². The van der Waals surface area contributed by atoms with Crippen molar-refractivity contribution in [2.24, 2.45) is 0 Å². The van der Waals surface area contributed by atoms with Gasteiger partial charge in [-0.15, -0.1) is 0 Å². The molecule has 0 aliphatic carbocycles. The minimum Gasteiger partial charge on any atom is -0.505 e. The molecule has 2 N–H and O–H groups in total. The van der Waals surface area contributed by atoms with Gasteiger partial charge in [0.25, 0.3) is 5.95 Å². The molecule has 2 aromatic carbocycles. The molecule has 2 heterocycles. The molecule has 0 saturated carbocycles. The highest BCUT2D eigenvalue weighted by molar-refractivity contribution is 6.35. The van der Waals surface area contributed by atoms with Gasteiger partial charge in [-0.05, 0) is 30.3 Å². The zero-order valence-corrected chi connectivity index (χ0v) is 13.6. The largest absolute Gasteiger partial charge is 0.505 e. The second-order valence-electron chi connectivity index (χ2n) is 5.65. The molecule has 6 heteroatoms. The number of rotatable bonds is 2. The van der Waals surface area contributed by atoms with Crippen molar-refractivity contribution in [1.29, 1.82) is 0 Å². The number of aromatic nitrogens is 1. The van der Waals surface area contributed by atoms with E-state index in [-0.39, 0.29) is 23.2 Å². The smallest absolute Gasteiger partial charge is 0.289 e. The summed E-state index contributed by atoms with van der Waals surface area (Å²) < 4.78 is 5.33. The molecule has 2 aromatic heterocycles. The first-order valence-corrected chi connectivity index (χ1v) is 7.93. The van der Waals surface area contributed by atoms with Crippen molar-refractivity contribution < 1.29 is 14.6 Å². The van der Waals surface area contributed by atoms with E-state index in [0.29, 0.717) is 32.5 Å². The molecule has 0 radical (unpaired) electrons. The van der Waals surface area contributed by atoms with Crippen LogP contribution in [-0.2, 0) is 6.42 Å². The van der Waals surface area contributed by atoms with Gasteiger partial charge in [0.05, 0.1) is 16.0 Å². The van der Waals surface area contributed by atoms with E-state index in [1.807, 2.05) is 0 Å². The molecule has 0 unspecified atom stereocenters. The number of para-hydroxylation sites is 1. The molecule has 0 aliphatic rings. The molecule has 124 valence electrons. The minimum absolute atomic E-state index is 0.0307. The first kappa shape index (κ1) is 15.5. The summed E-state index contributed by atoms with van der Waals surface area (Å²) in [5.74, 6) is -0.549. The molecule has 0 aliphatic heterocycles. The maximum Gasteiger partial charge on any atom is 0.289 e. The zero-order valence-electron chi connectivity index (χ0n) is 12.9. The van der Waals surface area contributed by atoms with Gasteiger partial charge >= 0.3 is 0 Å². The van der Waals surface area contributed by atoms with Crippen LogP contribution in [0.5, 0.6) is 11.7 Å². The van der Waals surface area contributed by atoms with Crippen LogP contribution < -0.4 is 5.43 Å². The first-order chi connectivity index (χ1) is 12.1. The highest BCUT2D eigenvalue weighted by atomic mass is 35.5. The third-order valence-corrected chi connectivity index (χ3v) is 4.44. The van der Waals surface area contributed by atoms with Crippen LogP contribution in [0.15, 0.2) is 57.9 Å². The molecule has 0 spiro atoms. The van der Waals surface area contributed by atoms with E-state index in [2.05, 4.69) is 4.98 Å². The zero-order chi connectivity index (χ0) is 17.6. The Bertz CT molecular complexity index is 1180. The Labute approximate surface area is 146 Å². The topological polar surface area (TPSA) is 83.6 Å². The number of nitrogens with zero attached hydrogens (tertiary/aromatic N) is 1. The lowest BCUT2D eigenvalue weighted by molar-refractivity contribution is 0.333. The molecule has 5 nitrogen and oxygen atoms in total. The highest BCUT2D eigenvalue weighted by Crippen LogP contribution is 2.35. The van der Waals surface area contributed by atoms with E-state index in [4.69, 9.17) is 16.0 Å². The molecule has 0 bridgehead atoms. The molecule has 0 fully saturated rings. The summed E-state index contributed by atoms with van der Waals surface area (Å²) in [6.07, 6.45) is 1.51. The number of halogens is 1. The fourth-order valence-electron chi connectivity index (χ4n) is 2.89. The maximum absolute atomic E-state index is 12.7. The third kappa shape index (κ3) is 2.49. The van der Waals surface area contributed by atoms with Crippen LogP contribution in [0, 0.1) is 0 Å². The Morgan fingerprint density at radius 1 is 1.08 bits per heavy atom. The Morgan fingerprint density at radius 2 is 1.84 bits per heavy atom. The van der Waals surface area contributed by atoms with E-state index in [1.165, 1.54) is 0 Å². The number of phenols is 1. The van der Waals surface area contributed by atoms with Crippen LogP contribution >= 0.6 is 11.6 Å². The van der Waals surface area contributed by atoms with E-state index in [0.717, 1.165) is 0 Å². The van der Waals surface area contributed by atoms with Gasteiger partial charge in [-0.2, -0.15) is 0 Å². The van der Waals surface area contributed by atoms with E-state index < -0.39 is 5.95 Å². The summed E-state index contributed by atoms with van der Waals surface area (Å²) in [6, 6.07) is 11.7. The van der Waals surface area contributed by atoms with Crippen molar-refractivity contribution in [2.45, 2.75) is 6.42 Å². The van der Waals surface area contributed by atoms with Crippen molar-refractivity contribution in [1.82, 2.24) is 4.98 Å². The van der Waals surface area contributed by atoms with Gasteiger partial charge in [0.1, 0.15) is 16.8 Å². The highest BCUT2D eigenvalue weighted by Gasteiger charge is 2.18. The lowest BCUT2D eigenvalue weighted by atomic mass is 10.0. The molecule has 4 rings (SSSR count). The average Bonchev–Trinajstić information content (AvgIpc) is 2.62. The Balaban J connectivity index is 1.92. The lowest BCUT2D eigenvalue weighted by Crippen LogP contribution is -2.10. The number of hydrogen-bond donors (Lipinski definition) is 2. The second-order valence-corrected chi connectivity index (χ2v) is 6.06. The predicted molar refractivity (Wildman–Crippen MR) is 95.4 cm³/mol. The Morgan fingerprint density at radius 3 is 2.68 bits per heavy atom. The van der Waals surface area contributed by atoms with Crippen LogP contribution in [0.2, 0.25) is 5.02 Å². The molecule has 0 atom stereocenters. The number of phenolic OH excluding ortho intramolecular Hbond substituents is 1. The third-order valence-electron chi connectivity index (χ3n) is 4.13. The number of aromatic hydroxyl groups is 2. The van der Waals surface area contributed by atoms with Crippen molar-refractivity contribution >= 4 is 33.5 Å². The fraction of sp³-hybridized carbons (Fsp3) is 0.0526. The van der Waals surface area contributed by atoms with Crippen molar-refractivity contribution in [2.75, 3.05) is 0 Å². The SMILES string of the molecule is O=c1c(Cc2cc(Cl)c3cccnc3c2O)c(O)oc2ccccc12. The number of fused-ring (bicyclic) bond motifs is 2. The summed E-state index contributed by atoms with van der Waals surface area (Å²) in [4.78, 5) is 16.8. The van der Waals surface area contributed by atoms with Crippen molar-refractivity contribution in [3.05, 3.63) is 75.0 Å². The van der Waals surface area contributed by atoms with Crippen molar-refractivity contribution in [3.63, 3.8) is 0 Å². The first-order valence-electron chi connectivity index (χ1n) is 7.55. The standard InChI is InChI=1S/C19H12ClNO4/c20-14-9-10(17(22)16-11(14)5-3-7-21-16)8-13-18(23)12-4-1-2-6-15(12)25-19(13)24/h1-7,9,22,24H,8H2. The molecule has 0 saturated heterocycles. The quantitative estimate of drug-likeness (QED) is 0.569. The summed E-state index contributed by atoms with van der Waals surface area (Å²) in [6.45, 7) is 0. The monoisotopic (exact) mass is 353 g/mol. The van der Waals surface area contributed by atoms with Gasteiger partial charge in [0.2, 0.25) is 0 Å². The van der Waals surface area contributed by atoms with Crippen LogP contribution in [-0.4, -0.2) is 15.2 Å². The molecule has 4 aromatic rings. The summed E-state index contributed by atoms with van der Waals surface area (Å²) in [5, 5.41) is 22.0. The molecule has 25 heavy (non-hydrogen) atoms. The van der Waals surface area contributed by atoms with Crippen LogP contribution in [0.1, 0.15) is 11.1 Å². The van der Waals surface area contributed by atoms with Gasteiger partial charge in [-0.3, -0.25) is 9.78 Å². The van der Waals surface area contributed by atoms with Gasteiger partial charge in [-0.1, -0.05) is 23.7 Å².